The van der Waals surface area contributed by atoms with Crippen molar-refractivity contribution in [3.8, 4) is 0 Å². The van der Waals surface area contributed by atoms with Gasteiger partial charge in [-0.1, -0.05) is 31.2 Å². The smallest absolute Gasteiger partial charge is 0.423 e. The fourth-order valence-corrected chi connectivity index (χ4v) is 2.22. The molecule has 0 aromatic heterocycles. The van der Waals surface area contributed by atoms with Crippen LogP contribution in [-0.4, -0.2) is 35.2 Å². The van der Waals surface area contributed by atoms with Gasteiger partial charge in [-0.25, -0.2) is 0 Å². The zero-order chi connectivity index (χ0) is 11.5. The lowest BCUT2D eigenvalue weighted by Gasteiger charge is -2.15. The highest BCUT2D eigenvalue weighted by atomic mass is 16.4. The van der Waals surface area contributed by atoms with Crippen molar-refractivity contribution in [2.24, 2.45) is 5.92 Å². The highest BCUT2D eigenvalue weighted by Crippen LogP contribution is 2.17. The summed E-state index contributed by atoms with van der Waals surface area (Å²) in [7, 11) is -1.36. The molecule has 0 radical (unpaired) electrons. The van der Waals surface area contributed by atoms with Crippen LogP contribution in [0, 0.1) is 5.92 Å². The molecule has 1 atom stereocenters. The van der Waals surface area contributed by atoms with Gasteiger partial charge in [-0.3, -0.25) is 4.90 Å². The van der Waals surface area contributed by atoms with E-state index in [0.29, 0.717) is 5.46 Å². The largest absolute Gasteiger partial charge is 0.488 e. The fourth-order valence-electron chi connectivity index (χ4n) is 2.22. The summed E-state index contributed by atoms with van der Waals surface area (Å²) in [5, 5.41) is 18.0. The van der Waals surface area contributed by atoms with Crippen LogP contribution in [0.15, 0.2) is 24.3 Å². The van der Waals surface area contributed by atoms with Crippen molar-refractivity contribution in [3.05, 3.63) is 29.8 Å². The van der Waals surface area contributed by atoms with E-state index >= 15 is 0 Å². The van der Waals surface area contributed by atoms with Gasteiger partial charge in [0, 0.05) is 13.1 Å². The molecule has 1 aliphatic rings. The van der Waals surface area contributed by atoms with Gasteiger partial charge < -0.3 is 10.0 Å². The van der Waals surface area contributed by atoms with E-state index in [2.05, 4.69) is 11.8 Å². The molecule has 1 aromatic rings. The molecule has 86 valence electrons. The highest BCUT2D eigenvalue weighted by Gasteiger charge is 2.18. The van der Waals surface area contributed by atoms with E-state index in [9.17, 15) is 0 Å². The molecule has 0 bridgehead atoms. The SMILES string of the molecule is CC1CCN(Cc2ccc(B(O)O)cc2)C1. The Morgan fingerprint density at radius 2 is 2.00 bits per heavy atom. The Kier molecular flexibility index (Phi) is 3.64. The molecule has 0 spiro atoms. The molecular weight excluding hydrogens is 201 g/mol. The van der Waals surface area contributed by atoms with Crippen LogP contribution >= 0.6 is 0 Å². The number of rotatable bonds is 3. The molecule has 0 aliphatic carbocycles. The molecule has 1 fully saturated rings. The van der Waals surface area contributed by atoms with Gasteiger partial charge >= 0.3 is 7.12 Å². The minimum absolute atomic E-state index is 0.554. The predicted molar refractivity (Wildman–Crippen MR) is 65.3 cm³/mol. The van der Waals surface area contributed by atoms with Crippen LogP contribution in [0.5, 0.6) is 0 Å². The van der Waals surface area contributed by atoms with Crippen molar-refractivity contribution in [2.75, 3.05) is 13.1 Å². The third-order valence-electron chi connectivity index (χ3n) is 3.19. The van der Waals surface area contributed by atoms with Crippen LogP contribution in [0.3, 0.4) is 0 Å². The second-order valence-electron chi connectivity index (χ2n) is 4.74. The molecule has 1 heterocycles. The lowest BCUT2D eigenvalue weighted by molar-refractivity contribution is 0.320. The molecule has 4 heteroatoms. The van der Waals surface area contributed by atoms with Gasteiger partial charge in [-0.05, 0) is 29.9 Å². The Balaban J connectivity index is 1.95. The van der Waals surface area contributed by atoms with Crippen LogP contribution in [0.1, 0.15) is 18.9 Å². The maximum Gasteiger partial charge on any atom is 0.488 e. The molecule has 2 N–H and O–H groups in total. The molecule has 1 aliphatic heterocycles. The molecule has 1 saturated heterocycles. The van der Waals surface area contributed by atoms with Crippen LogP contribution in [0.2, 0.25) is 0 Å². The molecule has 1 unspecified atom stereocenters. The minimum atomic E-state index is -1.36. The van der Waals surface area contributed by atoms with E-state index in [1.54, 1.807) is 12.1 Å². The maximum absolute atomic E-state index is 8.98. The molecule has 1 aromatic carbocycles. The zero-order valence-corrected chi connectivity index (χ0v) is 9.63. The molecule has 16 heavy (non-hydrogen) atoms. The minimum Gasteiger partial charge on any atom is -0.423 e. The van der Waals surface area contributed by atoms with Crippen molar-refractivity contribution in [1.82, 2.24) is 4.90 Å². The number of benzene rings is 1. The van der Waals surface area contributed by atoms with Gasteiger partial charge in [0.25, 0.3) is 0 Å². The van der Waals surface area contributed by atoms with E-state index < -0.39 is 7.12 Å². The first-order valence-electron chi connectivity index (χ1n) is 5.82. The topological polar surface area (TPSA) is 43.7 Å². The number of hydrogen-bond acceptors (Lipinski definition) is 3. The Bertz CT molecular complexity index is 339. The molecular formula is C12H18BNO2. The first kappa shape index (κ1) is 11.6. The van der Waals surface area contributed by atoms with E-state index in [0.717, 1.165) is 12.5 Å². The third-order valence-corrected chi connectivity index (χ3v) is 3.19. The highest BCUT2D eigenvalue weighted by molar-refractivity contribution is 6.58. The van der Waals surface area contributed by atoms with Gasteiger partial charge in [0.05, 0.1) is 0 Å². The summed E-state index contributed by atoms with van der Waals surface area (Å²) in [6.45, 7) is 5.59. The average Bonchev–Trinajstić information content (AvgIpc) is 2.65. The predicted octanol–water partition coefficient (Wildman–Crippen LogP) is 0.208. The Morgan fingerprint density at radius 1 is 1.31 bits per heavy atom. The van der Waals surface area contributed by atoms with Crippen molar-refractivity contribution in [1.29, 1.82) is 0 Å². The lowest BCUT2D eigenvalue weighted by Crippen LogP contribution is -2.29. The molecule has 0 amide bonds. The van der Waals surface area contributed by atoms with Crippen molar-refractivity contribution in [3.63, 3.8) is 0 Å². The van der Waals surface area contributed by atoms with Crippen molar-refractivity contribution < 1.29 is 10.0 Å². The second kappa shape index (κ2) is 5.00. The summed E-state index contributed by atoms with van der Waals surface area (Å²) in [5.41, 5.74) is 1.79. The van der Waals surface area contributed by atoms with E-state index in [4.69, 9.17) is 10.0 Å². The lowest BCUT2D eigenvalue weighted by atomic mass is 9.80. The van der Waals surface area contributed by atoms with E-state index in [1.807, 2.05) is 12.1 Å². The Hall–Kier alpha value is -0.835. The fraction of sp³-hybridized carbons (Fsp3) is 0.500. The number of nitrogens with zero attached hydrogens (tertiary/aromatic N) is 1. The summed E-state index contributed by atoms with van der Waals surface area (Å²) < 4.78 is 0. The van der Waals surface area contributed by atoms with Gasteiger partial charge in [-0.2, -0.15) is 0 Å². The van der Waals surface area contributed by atoms with Crippen molar-refractivity contribution >= 4 is 12.6 Å². The third kappa shape index (κ3) is 2.85. The quantitative estimate of drug-likeness (QED) is 0.714. The van der Waals surface area contributed by atoms with Gasteiger partial charge in [0.1, 0.15) is 0 Å². The van der Waals surface area contributed by atoms with Gasteiger partial charge in [0.2, 0.25) is 0 Å². The molecule has 3 nitrogen and oxygen atoms in total. The normalized spacial score (nSPS) is 21.3. The summed E-state index contributed by atoms with van der Waals surface area (Å²) in [5.74, 6) is 0.804. The number of hydrogen-bond donors (Lipinski definition) is 2. The molecule has 2 rings (SSSR count). The summed E-state index contributed by atoms with van der Waals surface area (Å²) in [6, 6.07) is 7.49. The van der Waals surface area contributed by atoms with Crippen LogP contribution in [0.25, 0.3) is 0 Å². The monoisotopic (exact) mass is 219 g/mol. The molecule has 0 saturated carbocycles. The van der Waals surface area contributed by atoms with Crippen LogP contribution < -0.4 is 5.46 Å². The second-order valence-corrected chi connectivity index (χ2v) is 4.74. The standard InChI is InChI=1S/C12H18BNO2/c1-10-6-7-14(8-10)9-11-2-4-12(5-3-11)13(15)16/h2-5,10,15-16H,6-9H2,1H3. The van der Waals surface area contributed by atoms with Crippen LogP contribution in [-0.2, 0) is 6.54 Å². The van der Waals surface area contributed by atoms with Gasteiger partial charge in [0.15, 0.2) is 0 Å². The Morgan fingerprint density at radius 3 is 2.50 bits per heavy atom. The zero-order valence-electron chi connectivity index (χ0n) is 9.63. The first-order valence-corrected chi connectivity index (χ1v) is 5.82. The summed E-state index contributed by atoms with van der Waals surface area (Å²) in [4.78, 5) is 2.44. The van der Waals surface area contributed by atoms with Gasteiger partial charge in [-0.15, -0.1) is 0 Å². The van der Waals surface area contributed by atoms with Crippen LogP contribution in [0.4, 0.5) is 0 Å². The average molecular weight is 219 g/mol. The summed E-state index contributed by atoms with van der Waals surface area (Å²) >= 11 is 0. The Labute approximate surface area is 96.9 Å². The maximum atomic E-state index is 8.98. The van der Waals surface area contributed by atoms with E-state index in [-0.39, 0.29) is 0 Å². The first-order chi connectivity index (χ1) is 7.65. The van der Waals surface area contributed by atoms with Crippen molar-refractivity contribution in [2.45, 2.75) is 19.9 Å². The van der Waals surface area contributed by atoms with E-state index in [1.165, 1.54) is 25.1 Å². The number of likely N-dealkylation sites (tertiary alicyclic amines) is 1. The summed E-state index contributed by atoms with van der Waals surface area (Å²) in [6.07, 6.45) is 1.29.